The molecule has 1 aromatic carbocycles. The van der Waals surface area contributed by atoms with E-state index in [0.717, 1.165) is 43.6 Å². The predicted molar refractivity (Wildman–Crippen MR) is 95.9 cm³/mol. The maximum Gasteiger partial charge on any atom is 0.246 e. The second-order valence-electron chi connectivity index (χ2n) is 6.61. The van der Waals surface area contributed by atoms with E-state index in [4.69, 9.17) is 0 Å². The minimum Gasteiger partial charge on any atom is -0.346 e. The highest BCUT2D eigenvalue weighted by atomic mass is 32.2. The molecule has 3 aromatic rings. The lowest BCUT2D eigenvalue weighted by molar-refractivity contribution is 0.237. The quantitative estimate of drug-likeness (QED) is 0.671. The minimum atomic E-state index is -3.36. The Morgan fingerprint density at radius 3 is 2.80 bits per heavy atom. The first-order valence-electron chi connectivity index (χ1n) is 8.22. The molecule has 25 heavy (non-hydrogen) atoms. The van der Waals surface area contributed by atoms with Crippen molar-refractivity contribution in [3.63, 3.8) is 0 Å². The Morgan fingerprint density at radius 2 is 2.04 bits per heavy atom. The Balaban J connectivity index is 1.57. The second-order valence-corrected chi connectivity index (χ2v) is 8.52. The maximum absolute atomic E-state index is 11.6. The van der Waals surface area contributed by atoms with Gasteiger partial charge in [-0.25, -0.2) is 18.4 Å². The zero-order valence-corrected chi connectivity index (χ0v) is 15.1. The zero-order chi connectivity index (χ0) is 17.6. The number of benzene rings is 1. The summed E-state index contributed by atoms with van der Waals surface area (Å²) in [7, 11) is -1.26. The highest BCUT2D eigenvalue weighted by molar-refractivity contribution is 7.90. The van der Waals surface area contributed by atoms with Gasteiger partial charge in [0.25, 0.3) is 0 Å². The second kappa shape index (κ2) is 5.93. The van der Waals surface area contributed by atoms with Crippen molar-refractivity contribution in [3.8, 4) is 0 Å². The van der Waals surface area contributed by atoms with E-state index in [2.05, 4.69) is 56.8 Å². The van der Waals surface area contributed by atoms with Crippen LogP contribution in [0.25, 0.3) is 10.9 Å². The molecule has 7 heteroatoms. The van der Waals surface area contributed by atoms with Crippen molar-refractivity contribution in [2.45, 2.75) is 24.7 Å². The smallest absolute Gasteiger partial charge is 0.246 e. The third-order valence-electron chi connectivity index (χ3n) is 4.76. The Bertz CT molecular complexity index is 1060. The van der Waals surface area contributed by atoms with Gasteiger partial charge >= 0.3 is 0 Å². The molecular weight excluding hydrogens is 336 g/mol. The predicted octanol–water partition coefficient (Wildman–Crippen LogP) is 1.93. The van der Waals surface area contributed by atoms with Gasteiger partial charge in [0.15, 0.2) is 0 Å². The van der Waals surface area contributed by atoms with Gasteiger partial charge in [-0.2, -0.15) is 0 Å². The van der Waals surface area contributed by atoms with Crippen molar-refractivity contribution in [3.05, 3.63) is 53.5 Å². The summed E-state index contributed by atoms with van der Waals surface area (Å²) in [5.74, 6) is 0. The van der Waals surface area contributed by atoms with E-state index < -0.39 is 9.84 Å². The Morgan fingerprint density at radius 1 is 1.24 bits per heavy atom. The molecule has 0 amide bonds. The van der Waals surface area contributed by atoms with Gasteiger partial charge in [0.05, 0.1) is 5.69 Å². The van der Waals surface area contributed by atoms with Gasteiger partial charge in [-0.05, 0) is 17.5 Å². The van der Waals surface area contributed by atoms with E-state index in [-0.39, 0.29) is 5.16 Å². The molecule has 4 rings (SSSR count). The topological polar surface area (TPSA) is 68.1 Å². The van der Waals surface area contributed by atoms with Crippen LogP contribution in [0.2, 0.25) is 0 Å². The SMILES string of the molecule is Cn1c(CN2CCc3nc(S(C)(=O)=O)ncc3C2)cc2ccccc21. The van der Waals surface area contributed by atoms with E-state index in [1.54, 1.807) is 6.20 Å². The number of aryl methyl sites for hydroxylation is 1. The average molecular weight is 356 g/mol. The molecule has 0 unspecified atom stereocenters. The van der Waals surface area contributed by atoms with Crippen LogP contribution < -0.4 is 0 Å². The molecule has 0 fully saturated rings. The molecule has 0 aliphatic carbocycles. The van der Waals surface area contributed by atoms with Crippen LogP contribution in [0.1, 0.15) is 17.0 Å². The fourth-order valence-electron chi connectivity index (χ4n) is 3.40. The molecule has 0 radical (unpaired) electrons. The lowest BCUT2D eigenvalue weighted by Crippen LogP contribution is -2.31. The molecule has 130 valence electrons. The third kappa shape index (κ3) is 3.05. The maximum atomic E-state index is 11.6. The molecule has 6 nitrogen and oxygen atoms in total. The molecule has 0 N–H and O–H groups in total. The third-order valence-corrected chi connectivity index (χ3v) is 5.62. The van der Waals surface area contributed by atoms with Crippen LogP contribution >= 0.6 is 0 Å². The number of rotatable bonds is 3. The summed E-state index contributed by atoms with van der Waals surface area (Å²) in [6.07, 6.45) is 3.54. The molecule has 0 atom stereocenters. The van der Waals surface area contributed by atoms with Crippen molar-refractivity contribution in [2.75, 3.05) is 12.8 Å². The standard InChI is InChI=1S/C18H20N4O2S/c1-21-15(9-13-5-3-4-6-17(13)21)12-22-8-7-16-14(11-22)10-19-18(20-16)25(2,23)24/h3-6,9-10H,7-8,11-12H2,1-2H3. The van der Waals surface area contributed by atoms with Gasteiger partial charge in [-0.15, -0.1) is 0 Å². The van der Waals surface area contributed by atoms with Gasteiger partial charge in [0, 0.05) is 62.3 Å². The first kappa shape index (κ1) is 16.2. The van der Waals surface area contributed by atoms with Crippen molar-refractivity contribution >= 4 is 20.7 Å². The van der Waals surface area contributed by atoms with Gasteiger partial charge in [0.2, 0.25) is 15.0 Å². The molecule has 0 bridgehead atoms. The van der Waals surface area contributed by atoms with E-state index in [1.807, 2.05) is 0 Å². The lowest BCUT2D eigenvalue weighted by Gasteiger charge is -2.28. The summed E-state index contributed by atoms with van der Waals surface area (Å²) in [6.45, 7) is 2.44. The van der Waals surface area contributed by atoms with Crippen molar-refractivity contribution < 1.29 is 8.42 Å². The van der Waals surface area contributed by atoms with Crippen LogP contribution in [-0.4, -0.2) is 40.7 Å². The normalized spacial score (nSPS) is 15.4. The number of para-hydroxylation sites is 1. The number of aromatic nitrogens is 3. The van der Waals surface area contributed by atoms with Crippen LogP contribution in [0.3, 0.4) is 0 Å². The average Bonchev–Trinajstić information content (AvgIpc) is 2.90. The van der Waals surface area contributed by atoms with Crippen molar-refractivity contribution in [1.29, 1.82) is 0 Å². The van der Waals surface area contributed by atoms with E-state index in [9.17, 15) is 8.42 Å². The number of hydrogen-bond donors (Lipinski definition) is 0. The zero-order valence-electron chi connectivity index (χ0n) is 14.3. The number of fused-ring (bicyclic) bond motifs is 2. The number of nitrogens with zero attached hydrogens (tertiary/aromatic N) is 4. The summed E-state index contributed by atoms with van der Waals surface area (Å²) in [4.78, 5) is 10.6. The molecule has 2 aromatic heterocycles. The van der Waals surface area contributed by atoms with Crippen LogP contribution in [0.4, 0.5) is 0 Å². The van der Waals surface area contributed by atoms with Crippen LogP contribution in [0, 0.1) is 0 Å². The van der Waals surface area contributed by atoms with E-state index in [0.29, 0.717) is 0 Å². The summed E-state index contributed by atoms with van der Waals surface area (Å²) >= 11 is 0. The van der Waals surface area contributed by atoms with Crippen LogP contribution in [0.5, 0.6) is 0 Å². The molecule has 1 aliphatic rings. The van der Waals surface area contributed by atoms with Gasteiger partial charge in [0.1, 0.15) is 0 Å². The van der Waals surface area contributed by atoms with E-state index in [1.165, 1.54) is 16.6 Å². The fourth-order valence-corrected chi connectivity index (χ4v) is 3.92. The van der Waals surface area contributed by atoms with Crippen LogP contribution in [0.15, 0.2) is 41.7 Å². The Hall–Kier alpha value is -2.25. The molecule has 1 aliphatic heterocycles. The molecular formula is C18H20N4O2S. The highest BCUT2D eigenvalue weighted by Crippen LogP contribution is 2.23. The van der Waals surface area contributed by atoms with Crippen molar-refractivity contribution in [2.24, 2.45) is 7.05 Å². The van der Waals surface area contributed by atoms with Gasteiger partial charge in [-0.1, -0.05) is 18.2 Å². The fraction of sp³-hybridized carbons (Fsp3) is 0.333. The van der Waals surface area contributed by atoms with Gasteiger partial charge in [-0.3, -0.25) is 4.90 Å². The number of sulfone groups is 1. The summed E-state index contributed by atoms with van der Waals surface area (Å²) in [5.41, 5.74) is 4.36. The monoisotopic (exact) mass is 356 g/mol. The lowest BCUT2D eigenvalue weighted by atomic mass is 10.1. The molecule has 0 saturated heterocycles. The highest BCUT2D eigenvalue weighted by Gasteiger charge is 2.21. The van der Waals surface area contributed by atoms with Gasteiger partial charge < -0.3 is 4.57 Å². The molecule has 0 saturated carbocycles. The minimum absolute atomic E-state index is 0.0756. The summed E-state index contributed by atoms with van der Waals surface area (Å²) in [5, 5.41) is 1.17. The van der Waals surface area contributed by atoms with Crippen LogP contribution in [-0.2, 0) is 36.4 Å². The van der Waals surface area contributed by atoms with Crippen molar-refractivity contribution in [1.82, 2.24) is 19.4 Å². The summed E-state index contributed by atoms with van der Waals surface area (Å²) < 4.78 is 25.4. The first-order valence-corrected chi connectivity index (χ1v) is 10.1. The Kier molecular flexibility index (Phi) is 3.85. The van der Waals surface area contributed by atoms with E-state index >= 15 is 0 Å². The largest absolute Gasteiger partial charge is 0.346 e. The molecule has 3 heterocycles. The Labute approximate surface area is 147 Å². The summed E-state index contributed by atoms with van der Waals surface area (Å²) in [6, 6.07) is 10.6. The molecule has 0 spiro atoms. The number of hydrogen-bond acceptors (Lipinski definition) is 5. The first-order chi connectivity index (χ1) is 11.9.